The van der Waals surface area contributed by atoms with Crippen molar-refractivity contribution in [2.24, 2.45) is 11.3 Å². The molecule has 0 saturated heterocycles. The molecule has 1 atom stereocenters. The molecule has 2 aliphatic rings. The van der Waals surface area contributed by atoms with E-state index < -0.39 is 0 Å². The third-order valence-corrected chi connectivity index (χ3v) is 5.04. The highest BCUT2D eigenvalue weighted by atomic mass is 14.9. The van der Waals surface area contributed by atoms with E-state index >= 15 is 0 Å². The van der Waals surface area contributed by atoms with E-state index in [9.17, 15) is 0 Å². The summed E-state index contributed by atoms with van der Waals surface area (Å²) in [5, 5.41) is 3.83. The van der Waals surface area contributed by atoms with Crippen LogP contribution < -0.4 is 5.32 Å². The van der Waals surface area contributed by atoms with Crippen LogP contribution in [0.2, 0.25) is 0 Å². The highest BCUT2D eigenvalue weighted by Crippen LogP contribution is 2.45. The molecule has 0 aromatic carbocycles. The molecule has 0 aromatic rings. The molecule has 0 aromatic heterocycles. The maximum absolute atomic E-state index is 3.83. The molecule has 94 valence electrons. The van der Waals surface area contributed by atoms with Crippen molar-refractivity contribution in [1.29, 1.82) is 0 Å². The van der Waals surface area contributed by atoms with Gasteiger partial charge < -0.3 is 5.32 Å². The molecule has 1 N–H and O–H groups in total. The van der Waals surface area contributed by atoms with Gasteiger partial charge in [0.15, 0.2) is 0 Å². The second-order valence-corrected chi connectivity index (χ2v) is 6.29. The van der Waals surface area contributed by atoms with Gasteiger partial charge in [-0.05, 0) is 43.6 Å². The lowest BCUT2D eigenvalue weighted by Gasteiger charge is -2.42. The van der Waals surface area contributed by atoms with Crippen molar-refractivity contribution < 1.29 is 0 Å². The van der Waals surface area contributed by atoms with Gasteiger partial charge >= 0.3 is 0 Å². The van der Waals surface area contributed by atoms with Crippen molar-refractivity contribution in [3.63, 3.8) is 0 Å². The molecule has 1 nitrogen and oxygen atoms in total. The van der Waals surface area contributed by atoms with Gasteiger partial charge in [-0.15, -0.1) is 0 Å². The molecule has 2 fully saturated rings. The molecule has 2 aliphatic carbocycles. The summed E-state index contributed by atoms with van der Waals surface area (Å²) in [5.41, 5.74) is 0.609. The van der Waals surface area contributed by atoms with Gasteiger partial charge in [0.05, 0.1) is 0 Å². The van der Waals surface area contributed by atoms with Crippen molar-refractivity contribution in [2.75, 3.05) is 6.54 Å². The van der Waals surface area contributed by atoms with Crippen LogP contribution in [0.5, 0.6) is 0 Å². The number of hydrogen-bond acceptors (Lipinski definition) is 1. The largest absolute Gasteiger partial charge is 0.313 e. The van der Waals surface area contributed by atoms with E-state index in [2.05, 4.69) is 19.2 Å². The molecule has 0 bridgehead atoms. The third-order valence-electron chi connectivity index (χ3n) is 5.04. The smallest absolute Gasteiger partial charge is 0.0149 e. The van der Waals surface area contributed by atoms with Crippen LogP contribution in [0, 0.1) is 11.3 Å². The van der Waals surface area contributed by atoms with E-state index in [1.54, 1.807) is 0 Å². The second-order valence-electron chi connectivity index (χ2n) is 6.29. The molecule has 1 heteroatoms. The van der Waals surface area contributed by atoms with Crippen molar-refractivity contribution in [2.45, 2.75) is 77.7 Å². The van der Waals surface area contributed by atoms with Crippen LogP contribution in [-0.4, -0.2) is 12.6 Å². The van der Waals surface area contributed by atoms with Gasteiger partial charge in [0.1, 0.15) is 0 Å². The fraction of sp³-hybridized carbons (Fsp3) is 1.00. The van der Waals surface area contributed by atoms with Crippen LogP contribution in [0.15, 0.2) is 0 Å². The first-order chi connectivity index (χ1) is 7.76. The summed E-state index contributed by atoms with van der Waals surface area (Å²) in [7, 11) is 0. The quantitative estimate of drug-likeness (QED) is 0.756. The standard InChI is InChI=1S/C15H29N/c1-3-16-14(13-9-5-4-6-10-13)15(2)11-7-8-12-15/h13-14,16H,3-12H2,1-2H3. The van der Waals surface area contributed by atoms with Crippen molar-refractivity contribution in [1.82, 2.24) is 5.32 Å². The molecule has 0 aliphatic heterocycles. The Morgan fingerprint density at radius 3 is 2.25 bits per heavy atom. The molecular formula is C15H29N. The zero-order valence-electron chi connectivity index (χ0n) is 11.2. The molecule has 0 amide bonds. The first-order valence-corrected chi connectivity index (χ1v) is 7.49. The van der Waals surface area contributed by atoms with E-state index in [0.717, 1.165) is 18.5 Å². The lowest BCUT2D eigenvalue weighted by molar-refractivity contribution is 0.132. The Bertz CT molecular complexity index is 199. The second kappa shape index (κ2) is 5.53. The number of hydrogen-bond donors (Lipinski definition) is 1. The first-order valence-electron chi connectivity index (χ1n) is 7.49. The van der Waals surface area contributed by atoms with Crippen LogP contribution in [0.4, 0.5) is 0 Å². The summed E-state index contributed by atoms with van der Waals surface area (Å²) in [4.78, 5) is 0. The molecule has 1 unspecified atom stereocenters. The van der Waals surface area contributed by atoms with Gasteiger partial charge in [0.2, 0.25) is 0 Å². The maximum Gasteiger partial charge on any atom is 0.0149 e. The van der Waals surface area contributed by atoms with E-state index in [4.69, 9.17) is 0 Å². The molecule has 0 heterocycles. The van der Waals surface area contributed by atoms with Crippen molar-refractivity contribution in [3.05, 3.63) is 0 Å². The summed E-state index contributed by atoms with van der Waals surface area (Å²) in [6.07, 6.45) is 13.2. The third kappa shape index (κ3) is 2.61. The summed E-state index contributed by atoms with van der Waals surface area (Å²) < 4.78 is 0. The summed E-state index contributed by atoms with van der Waals surface area (Å²) >= 11 is 0. The Labute approximate surface area is 101 Å². The summed E-state index contributed by atoms with van der Waals surface area (Å²) in [5.74, 6) is 0.969. The van der Waals surface area contributed by atoms with Gasteiger partial charge in [-0.3, -0.25) is 0 Å². The average Bonchev–Trinajstić information content (AvgIpc) is 2.75. The van der Waals surface area contributed by atoms with Gasteiger partial charge in [0.25, 0.3) is 0 Å². The van der Waals surface area contributed by atoms with Crippen LogP contribution >= 0.6 is 0 Å². The Balaban J connectivity index is 2.02. The van der Waals surface area contributed by atoms with Gasteiger partial charge in [0, 0.05) is 6.04 Å². The minimum absolute atomic E-state index is 0.609. The molecular weight excluding hydrogens is 194 g/mol. The fourth-order valence-corrected chi connectivity index (χ4v) is 4.16. The number of rotatable bonds is 4. The molecule has 0 spiro atoms. The molecule has 0 radical (unpaired) electrons. The lowest BCUT2D eigenvalue weighted by atomic mass is 9.70. The first kappa shape index (κ1) is 12.4. The SMILES string of the molecule is CCNC(C1CCCCC1)C1(C)CCCC1. The van der Waals surface area contributed by atoms with E-state index in [0.29, 0.717) is 5.41 Å². The van der Waals surface area contributed by atoms with Crippen molar-refractivity contribution >= 4 is 0 Å². The predicted molar refractivity (Wildman–Crippen MR) is 70.6 cm³/mol. The summed E-state index contributed by atoms with van der Waals surface area (Å²) in [6.45, 7) is 5.97. The van der Waals surface area contributed by atoms with Crippen LogP contribution in [0.1, 0.15) is 71.6 Å². The topological polar surface area (TPSA) is 12.0 Å². The van der Waals surface area contributed by atoms with Crippen LogP contribution in [0.3, 0.4) is 0 Å². The Hall–Kier alpha value is -0.0400. The number of nitrogens with one attached hydrogen (secondary N) is 1. The zero-order valence-corrected chi connectivity index (χ0v) is 11.2. The Morgan fingerprint density at radius 1 is 1.06 bits per heavy atom. The fourth-order valence-electron chi connectivity index (χ4n) is 4.16. The van der Waals surface area contributed by atoms with Crippen LogP contribution in [-0.2, 0) is 0 Å². The van der Waals surface area contributed by atoms with Gasteiger partial charge in [-0.1, -0.05) is 46.0 Å². The molecule has 2 rings (SSSR count). The van der Waals surface area contributed by atoms with E-state index in [-0.39, 0.29) is 0 Å². The summed E-state index contributed by atoms with van der Waals surface area (Å²) in [6, 6.07) is 0.806. The predicted octanol–water partition coefficient (Wildman–Crippen LogP) is 4.13. The lowest BCUT2D eigenvalue weighted by Crippen LogP contribution is -2.48. The normalized spacial score (nSPS) is 28.1. The van der Waals surface area contributed by atoms with Gasteiger partial charge in [-0.25, -0.2) is 0 Å². The average molecular weight is 223 g/mol. The highest BCUT2D eigenvalue weighted by Gasteiger charge is 2.40. The van der Waals surface area contributed by atoms with E-state index in [1.807, 2.05) is 0 Å². The van der Waals surface area contributed by atoms with Crippen LogP contribution in [0.25, 0.3) is 0 Å². The Kier molecular flexibility index (Phi) is 4.29. The minimum Gasteiger partial charge on any atom is -0.313 e. The van der Waals surface area contributed by atoms with Crippen molar-refractivity contribution in [3.8, 4) is 0 Å². The Morgan fingerprint density at radius 2 is 1.69 bits per heavy atom. The molecule has 2 saturated carbocycles. The minimum atomic E-state index is 0.609. The monoisotopic (exact) mass is 223 g/mol. The molecule has 16 heavy (non-hydrogen) atoms. The van der Waals surface area contributed by atoms with E-state index in [1.165, 1.54) is 57.8 Å². The van der Waals surface area contributed by atoms with Gasteiger partial charge in [-0.2, -0.15) is 0 Å². The maximum atomic E-state index is 3.83. The zero-order chi connectivity index (χ0) is 11.4. The highest BCUT2D eigenvalue weighted by molar-refractivity contribution is 4.95.